The molecule has 2 N–H and O–H groups in total. The number of rotatable bonds is 4. The van der Waals surface area contributed by atoms with E-state index in [9.17, 15) is 0 Å². The topological polar surface area (TPSA) is 62.3 Å². The van der Waals surface area contributed by atoms with E-state index in [1.807, 2.05) is 35.1 Å². The van der Waals surface area contributed by atoms with Gasteiger partial charge in [0.25, 0.3) is 0 Å². The Labute approximate surface area is 124 Å². The molecule has 1 aliphatic rings. The lowest BCUT2D eigenvalue weighted by molar-refractivity contribution is 0.169. The summed E-state index contributed by atoms with van der Waals surface area (Å²) in [5.74, 6) is 1.56. The smallest absolute Gasteiger partial charge is 0.166 e. The number of nitrogens with two attached hydrogens (primary N) is 1. The molecule has 2 aromatic rings. The first-order chi connectivity index (χ1) is 10.1. The van der Waals surface area contributed by atoms with Gasteiger partial charge in [0.2, 0.25) is 0 Å². The highest BCUT2D eigenvalue weighted by atomic mass is 16.6. The van der Waals surface area contributed by atoms with Crippen LogP contribution in [0.25, 0.3) is 0 Å². The number of hydrogen-bond acceptors (Lipinski definition) is 4. The Hall–Kier alpha value is -2.01. The summed E-state index contributed by atoms with van der Waals surface area (Å²) >= 11 is 0. The number of hydrogen-bond donors (Lipinski definition) is 1. The first kappa shape index (κ1) is 13.9. The van der Waals surface area contributed by atoms with Gasteiger partial charge < -0.3 is 15.2 Å². The molecule has 3 rings (SSSR count). The molecule has 0 saturated heterocycles. The number of nitrogens with zero attached hydrogens (tertiary/aromatic N) is 2. The summed E-state index contributed by atoms with van der Waals surface area (Å²) in [5, 5.41) is 4.55. The van der Waals surface area contributed by atoms with Crippen LogP contribution in [0.5, 0.6) is 11.5 Å². The predicted octanol–water partition coefficient (Wildman–Crippen LogP) is 2.48. The van der Waals surface area contributed by atoms with Crippen molar-refractivity contribution in [3.63, 3.8) is 0 Å². The van der Waals surface area contributed by atoms with E-state index in [2.05, 4.69) is 18.9 Å². The average Bonchev–Trinajstić information content (AvgIpc) is 2.95. The molecule has 21 heavy (non-hydrogen) atoms. The van der Waals surface area contributed by atoms with Gasteiger partial charge in [-0.1, -0.05) is 12.1 Å². The molecule has 2 heterocycles. The van der Waals surface area contributed by atoms with E-state index < -0.39 is 0 Å². The molecular weight excluding hydrogens is 266 g/mol. The molecule has 1 aromatic carbocycles. The van der Waals surface area contributed by atoms with Crippen LogP contribution in [0, 0.1) is 0 Å². The van der Waals surface area contributed by atoms with Gasteiger partial charge in [-0.15, -0.1) is 0 Å². The van der Waals surface area contributed by atoms with Crippen LogP contribution in [0.15, 0.2) is 30.5 Å². The summed E-state index contributed by atoms with van der Waals surface area (Å²) in [6.45, 7) is 5.37. The molecule has 5 nitrogen and oxygen atoms in total. The van der Waals surface area contributed by atoms with E-state index >= 15 is 0 Å². The van der Waals surface area contributed by atoms with Crippen molar-refractivity contribution in [1.82, 2.24) is 9.78 Å². The van der Waals surface area contributed by atoms with Crippen molar-refractivity contribution in [2.45, 2.75) is 32.4 Å². The maximum atomic E-state index is 6.35. The van der Waals surface area contributed by atoms with Crippen LogP contribution in [0.2, 0.25) is 0 Å². The van der Waals surface area contributed by atoms with Gasteiger partial charge in [-0.3, -0.25) is 4.68 Å². The Morgan fingerprint density at radius 3 is 2.81 bits per heavy atom. The van der Waals surface area contributed by atoms with Gasteiger partial charge in [0, 0.05) is 30.3 Å². The third-order valence-corrected chi connectivity index (χ3v) is 3.62. The Bertz CT molecular complexity index is 622. The molecule has 0 bridgehead atoms. The molecule has 0 amide bonds. The number of benzene rings is 1. The third-order valence-electron chi connectivity index (χ3n) is 3.62. The fraction of sp³-hybridized carbons (Fsp3) is 0.438. The lowest BCUT2D eigenvalue weighted by Crippen LogP contribution is -2.20. The molecule has 112 valence electrons. The van der Waals surface area contributed by atoms with Gasteiger partial charge in [0.05, 0.1) is 5.69 Å². The molecule has 5 heteroatoms. The molecule has 1 unspecified atom stereocenters. The summed E-state index contributed by atoms with van der Waals surface area (Å²) in [6, 6.07) is 8.09. The van der Waals surface area contributed by atoms with Crippen molar-refractivity contribution in [1.29, 1.82) is 0 Å². The number of ether oxygens (including phenoxy) is 2. The predicted molar refractivity (Wildman–Crippen MR) is 80.7 cm³/mol. The Balaban J connectivity index is 1.80. The fourth-order valence-corrected chi connectivity index (χ4v) is 2.50. The van der Waals surface area contributed by atoms with E-state index in [1.165, 1.54) is 0 Å². The number of fused-ring (bicyclic) bond motifs is 1. The largest absolute Gasteiger partial charge is 0.486 e. The van der Waals surface area contributed by atoms with Crippen LogP contribution < -0.4 is 15.2 Å². The highest BCUT2D eigenvalue weighted by molar-refractivity contribution is 5.49. The van der Waals surface area contributed by atoms with Gasteiger partial charge in [0.15, 0.2) is 11.5 Å². The Morgan fingerprint density at radius 1 is 1.24 bits per heavy atom. The lowest BCUT2D eigenvalue weighted by atomic mass is 10.0. The van der Waals surface area contributed by atoms with Gasteiger partial charge in [0.1, 0.15) is 13.2 Å². The van der Waals surface area contributed by atoms with Crippen molar-refractivity contribution < 1.29 is 9.47 Å². The van der Waals surface area contributed by atoms with Crippen molar-refractivity contribution in [2.24, 2.45) is 5.73 Å². The lowest BCUT2D eigenvalue weighted by Gasteiger charge is -2.23. The zero-order valence-electron chi connectivity index (χ0n) is 12.5. The van der Waals surface area contributed by atoms with Crippen LogP contribution in [0.4, 0.5) is 0 Å². The van der Waals surface area contributed by atoms with Crippen LogP contribution in [0.1, 0.15) is 37.2 Å². The second-order valence-corrected chi connectivity index (χ2v) is 5.56. The minimum absolute atomic E-state index is 0.155. The summed E-state index contributed by atoms with van der Waals surface area (Å²) < 4.78 is 13.3. The molecule has 0 saturated carbocycles. The van der Waals surface area contributed by atoms with Crippen LogP contribution in [-0.4, -0.2) is 23.0 Å². The number of para-hydroxylation sites is 1. The SMILES string of the molecule is CC(C)n1ccc(CC(N)c2cccc3c2OCCO3)n1. The molecular formula is C16H21N3O2. The minimum Gasteiger partial charge on any atom is -0.486 e. The quantitative estimate of drug-likeness (QED) is 0.938. The van der Waals surface area contributed by atoms with Gasteiger partial charge in [-0.2, -0.15) is 5.10 Å². The van der Waals surface area contributed by atoms with Gasteiger partial charge in [-0.05, 0) is 26.0 Å². The second-order valence-electron chi connectivity index (χ2n) is 5.56. The Kier molecular flexibility index (Phi) is 3.84. The summed E-state index contributed by atoms with van der Waals surface area (Å²) in [5.41, 5.74) is 8.32. The van der Waals surface area contributed by atoms with Gasteiger partial charge in [-0.25, -0.2) is 0 Å². The molecule has 1 atom stereocenters. The zero-order chi connectivity index (χ0) is 14.8. The highest BCUT2D eigenvalue weighted by Crippen LogP contribution is 2.36. The first-order valence-electron chi connectivity index (χ1n) is 7.33. The third kappa shape index (κ3) is 2.88. The van der Waals surface area contributed by atoms with E-state index in [1.54, 1.807) is 0 Å². The normalized spacial score (nSPS) is 15.2. The molecule has 1 aliphatic heterocycles. The summed E-state index contributed by atoms with van der Waals surface area (Å²) in [7, 11) is 0. The van der Waals surface area contributed by atoms with Crippen molar-refractivity contribution in [2.75, 3.05) is 13.2 Å². The van der Waals surface area contributed by atoms with Crippen molar-refractivity contribution >= 4 is 0 Å². The minimum atomic E-state index is -0.155. The molecule has 0 aliphatic carbocycles. The molecule has 1 aromatic heterocycles. The standard InChI is InChI=1S/C16H21N3O2/c1-11(2)19-7-6-12(18-19)10-14(17)13-4-3-5-15-16(13)21-9-8-20-15/h3-7,11,14H,8-10,17H2,1-2H3. The van der Waals surface area contributed by atoms with Crippen LogP contribution in [0.3, 0.4) is 0 Å². The molecule has 0 radical (unpaired) electrons. The number of aromatic nitrogens is 2. The van der Waals surface area contributed by atoms with E-state index in [-0.39, 0.29) is 6.04 Å². The van der Waals surface area contributed by atoms with E-state index in [0.29, 0.717) is 25.7 Å². The first-order valence-corrected chi connectivity index (χ1v) is 7.33. The molecule has 0 spiro atoms. The summed E-state index contributed by atoms with van der Waals surface area (Å²) in [6.07, 6.45) is 2.67. The van der Waals surface area contributed by atoms with Crippen LogP contribution >= 0.6 is 0 Å². The monoisotopic (exact) mass is 287 g/mol. The second kappa shape index (κ2) is 5.77. The maximum Gasteiger partial charge on any atom is 0.166 e. The molecule has 0 fully saturated rings. The van der Waals surface area contributed by atoms with Gasteiger partial charge >= 0.3 is 0 Å². The average molecular weight is 287 g/mol. The fourth-order valence-electron chi connectivity index (χ4n) is 2.50. The highest BCUT2D eigenvalue weighted by Gasteiger charge is 2.20. The van der Waals surface area contributed by atoms with E-state index in [4.69, 9.17) is 15.2 Å². The van der Waals surface area contributed by atoms with Crippen LogP contribution in [-0.2, 0) is 6.42 Å². The van der Waals surface area contributed by atoms with Crippen molar-refractivity contribution in [3.8, 4) is 11.5 Å². The maximum absolute atomic E-state index is 6.35. The van der Waals surface area contributed by atoms with E-state index in [0.717, 1.165) is 22.8 Å². The van der Waals surface area contributed by atoms with Crippen molar-refractivity contribution in [3.05, 3.63) is 41.7 Å². The Morgan fingerprint density at radius 2 is 2.05 bits per heavy atom. The summed E-state index contributed by atoms with van der Waals surface area (Å²) in [4.78, 5) is 0. The zero-order valence-corrected chi connectivity index (χ0v) is 12.5.